The van der Waals surface area contributed by atoms with E-state index in [1.54, 1.807) is 11.3 Å². The van der Waals surface area contributed by atoms with Crippen LogP contribution in [0.4, 0.5) is 0 Å². The summed E-state index contributed by atoms with van der Waals surface area (Å²) in [5.41, 5.74) is 9.61. The second kappa shape index (κ2) is 24.3. The van der Waals surface area contributed by atoms with Gasteiger partial charge in [0.15, 0.2) is 11.9 Å². The lowest BCUT2D eigenvalue weighted by atomic mass is 10.0. The van der Waals surface area contributed by atoms with Crippen LogP contribution < -0.4 is 15.4 Å². The Labute approximate surface area is 179 Å². The van der Waals surface area contributed by atoms with Crippen molar-refractivity contribution in [3.8, 4) is 0 Å². The number of hydrogen-bond donors (Lipinski definition) is 1. The molecule has 0 aliphatic carbocycles. The van der Waals surface area contributed by atoms with E-state index in [1.807, 2.05) is 6.92 Å². The third-order valence-corrected chi connectivity index (χ3v) is 3.83. The smallest absolute Gasteiger partial charge is 0.184 e. The van der Waals surface area contributed by atoms with Crippen LogP contribution in [0.15, 0.2) is 12.3 Å². The Morgan fingerprint density at radius 1 is 1.03 bits per heavy atom. The Hall–Kier alpha value is -1.75. The number of carboxylic acids is 1. The number of nitrogens with two attached hydrogens (primary N) is 1. The van der Waals surface area contributed by atoms with Crippen LogP contribution in [-0.4, -0.2) is 18.8 Å². The van der Waals surface area contributed by atoms with Crippen molar-refractivity contribution in [1.29, 1.82) is 0 Å². The number of rotatable bonds is 9. The lowest BCUT2D eigenvalue weighted by Crippen LogP contribution is -2.39. The third kappa shape index (κ3) is 20.8. The van der Waals surface area contributed by atoms with Crippen molar-refractivity contribution in [1.82, 2.24) is 0 Å². The van der Waals surface area contributed by atoms with E-state index in [0.29, 0.717) is 6.42 Å². The molecule has 0 bridgehead atoms. The minimum Gasteiger partial charge on any atom is -0.550 e. The van der Waals surface area contributed by atoms with E-state index >= 15 is 0 Å². The zero-order chi connectivity index (χ0) is 23.1. The Morgan fingerprint density at radius 3 is 1.86 bits per heavy atom. The molecule has 0 unspecified atom stereocenters. The van der Waals surface area contributed by atoms with Crippen LogP contribution in [0.25, 0.3) is 0 Å². The zero-order valence-electron chi connectivity index (χ0n) is 20.1. The average Bonchev–Trinajstić information content (AvgIpc) is 2.70. The number of pyridine rings is 1. The number of aromatic nitrogens is 1. The average molecular weight is 411 g/mol. The number of aryl methyl sites for hydroxylation is 3. The predicted molar refractivity (Wildman–Crippen MR) is 121 cm³/mol. The SMILES string of the molecule is CC(=O)[O-].CCCC=O.CCCN.CCCc1c(CC)cc(CC)c[n+]1CCC. The second-order valence-corrected chi connectivity index (χ2v) is 6.71. The molecule has 0 spiro atoms. The molecule has 1 aromatic rings. The van der Waals surface area contributed by atoms with Crippen molar-refractivity contribution in [2.45, 2.75) is 106 Å². The van der Waals surface area contributed by atoms with E-state index in [-0.39, 0.29) is 0 Å². The van der Waals surface area contributed by atoms with Gasteiger partial charge in [-0.1, -0.05) is 41.5 Å². The molecule has 0 saturated carbocycles. The molecule has 1 heterocycles. The fourth-order valence-electron chi connectivity index (χ4n) is 2.41. The molecule has 0 fully saturated rings. The highest BCUT2D eigenvalue weighted by molar-refractivity contribution is 5.60. The van der Waals surface area contributed by atoms with Crippen LogP contribution in [0, 0.1) is 0 Å². The van der Waals surface area contributed by atoms with Crippen LogP contribution in [0.2, 0.25) is 0 Å². The first kappa shape index (κ1) is 31.9. The maximum atomic E-state index is 9.40. The number of carbonyl (C=O) groups excluding carboxylic acids is 2. The van der Waals surface area contributed by atoms with Gasteiger partial charge < -0.3 is 20.4 Å². The molecule has 1 rings (SSSR count). The minimum absolute atomic E-state index is 0.708. The molecule has 0 radical (unpaired) electrons. The Bertz CT molecular complexity index is 511. The summed E-state index contributed by atoms with van der Waals surface area (Å²) in [5, 5.41) is 8.89. The van der Waals surface area contributed by atoms with Crippen molar-refractivity contribution in [2.24, 2.45) is 5.73 Å². The van der Waals surface area contributed by atoms with Crippen LogP contribution in [-0.2, 0) is 35.4 Å². The van der Waals surface area contributed by atoms with Gasteiger partial charge in [-0.05, 0) is 51.6 Å². The fourth-order valence-corrected chi connectivity index (χ4v) is 2.41. The summed E-state index contributed by atoms with van der Waals surface area (Å²) in [5.74, 6) is -1.08. The van der Waals surface area contributed by atoms with Crippen molar-refractivity contribution >= 4 is 12.3 Å². The van der Waals surface area contributed by atoms with Gasteiger partial charge in [-0.3, -0.25) is 0 Å². The van der Waals surface area contributed by atoms with Crippen LogP contribution in [0.1, 0.15) is 97.4 Å². The Kier molecular flexibility index (Phi) is 26.7. The number of aliphatic carboxylic acids is 1. The van der Waals surface area contributed by atoms with Crippen molar-refractivity contribution < 1.29 is 19.3 Å². The number of aldehydes is 1. The molecular formula is C24H46N2O3. The van der Waals surface area contributed by atoms with Crippen molar-refractivity contribution in [2.75, 3.05) is 6.54 Å². The maximum Gasteiger partial charge on any atom is 0.184 e. The monoisotopic (exact) mass is 410 g/mol. The van der Waals surface area contributed by atoms with Gasteiger partial charge >= 0.3 is 0 Å². The van der Waals surface area contributed by atoms with E-state index < -0.39 is 5.97 Å². The molecule has 0 aliphatic heterocycles. The number of carboxylic acid groups (broad SMARTS) is 1. The van der Waals surface area contributed by atoms with Crippen molar-refractivity contribution in [3.63, 3.8) is 0 Å². The molecular weight excluding hydrogens is 364 g/mol. The largest absolute Gasteiger partial charge is 0.550 e. The summed E-state index contributed by atoms with van der Waals surface area (Å²) in [4.78, 5) is 18.3. The molecule has 29 heavy (non-hydrogen) atoms. The zero-order valence-corrected chi connectivity index (χ0v) is 20.1. The van der Waals surface area contributed by atoms with Gasteiger partial charge in [0, 0.05) is 36.4 Å². The highest BCUT2D eigenvalue weighted by Crippen LogP contribution is 2.11. The number of carbonyl (C=O) groups is 2. The summed E-state index contributed by atoms with van der Waals surface area (Å²) < 4.78 is 2.49. The molecule has 2 N–H and O–H groups in total. The van der Waals surface area contributed by atoms with Crippen molar-refractivity contribution in [3.05, 3.63) is 29.1 Å². The summed E-state index contributed by atoms with van der Waals surface area (Å²) in [7, 11) is 0. The number of nitrogens with zero attached hydrogens (tertiary/aromatic N) is 1. The van der Waals surface area contributed by atoms with E-state index in [9.17, 15) is 4.79 Å². The first-order valence-corrected chi connectivity index (χ1v) is 11.2. The molecule has 170 valence electrons. The first-order valence-electron chi connectivity index (χ1n) is 11.2. The highest BCUT2D eigenvalue weighted by atomic mass is 16.4. The molecule has 0 aromatic carbocycles. The van der Waals surface area contributed by atoms with Gasteiger partial charge in [0.05, 0.1) is 0 Å². The summed E-state index contributed by atoms with van der Waals surface area (Å²) in [6.07, 6.45) is 12.0. The van der Waals surface area contributed by atoms with E-state index in [4.69, 9.17) is 15.6 Å². The minimum atomic E-state index is -1.08. The predicted octanol–water partition coefficient (Wildman–Crippen LogP) is 3.56. The Balaban J connectivity index is -0.000000426. The third-order valence-electron chi connectivity index (χ3n) is 3.83. The normalized spacial score (nSPS) is 9.10. The molecule has 0 atom stereocenters. The first-order chi connectivity index (χ1) is 13.8. The molecule has 0 aliphatic rings. The summed E-state index contributed by atoms with van der Waals surface area (Å²) >= 11 is 0. The van der Waals surface area contributed by atoms with Gasteiger partial charge in [-0.25, -0.2) is 4.57 Å². The lowest BCUT2D eigenvalue weighted by molar-refractivity contribution is -0.704. The Morgan fingerprint density at radius 2 is 1.59 bits per heavy atom. The lowest BCUT2D eigenvalue weighted by Gasteiger charge is -2.09. The van der Waals surface area contributed by atoms with E-state index in [1.165, 1.54) is 24.8 Å². The summed E-state index contributed by atoms with van der Waals surface area (Å²) in [6.45, 7) is 16.0. The molecule has 1 aromatic heterocycles. The highest BCUT2D eigenvalue weighted by Gasteiger charge is 2.15. The molecule has 5 heteroatoms. The molecule has 5 nitrogen and oxygen atoms in total. The van der Waals surface area contributed by atoms with Gasteiger partial charge in [-0.2, -0.15) is 0 Å². The standard InChI is InChI=1S/C15H26N.C4H8O.C3H9N.C2H4O2/c1-5-9-15-14(8-4)11-13(7-3)12-16(15)10-6-2;1-2-3-4-5;1-2-3-4;1-2(3)4/h11-12H,5-10H2,1-4H3;4H,2-3H2,1H3;2-4H2,1H3;1H3,(H,3,4)/q+1;;;/p-1. The second-order valence-electron chi connectivity index (χ2n) is 6.71. The molecule has 0 amide bonds. The van der Waals surface area contributed by atoms with Gasteiger partial charge in [0.2, 0.25) is 0 Å². The number of hydrogen-bond acceptors (Lipinski definition) is 4. The van der Waals surface area contributed by atoms with Crippen LogP contribution >= 0.6 is 0 Å². The van der Waals surface area contributed by atoms with Gasteiger partial charge in [-0.15, -0.1) is 0 Å². The van der Waals surface area contributed by atoms with Crippen LogP contribution in [0.5, 0.6) is 0 Å². The summed E-state index contributed by atoms with van der Waals surface area (Å²) in [6, 6.07) is 2.40. The van der Waals surface area contributed by atoms with E-state index in [0.717, 1.165) is 52.0 Å². The number of unbranched alkanes of at least 4 members (excludes halogenated alkanes) is 1. The maximum absolute atomic E-state index is 9.40. The van der Waals surface area contributed by atoms with Crippen LogP contribution in [0.3, 0.4) is 0 Å². The quantitative estimate of drug-likeness (QED) is 0.498. The molecule has 0 saturated heterocycles. The fraction of sp³-hybridized carbons (Fsp3) is 0.708. The van der Waals surface area contributed by atoms with Gasteiger partial charge in [0.1, 0.15) is 12.8 Å². The van der Waals surface area contributed by atoms with E-state index in [2.05, 4.69) is 51.4 Å². The topological polar surface area (TPSA) is 87.1 Å². The van der Waals surface area contributed by atoms with Gasteiger partial charge in [0.25, 0.3) is 0 Å².